The topological polar surface area (TPSA) is 91.7 Å². The molecule has 1 atom stereocenters. The summed E-state index contributed by atoms with van der Waals surface area (Å²) in [6.07, 6.45) is -0.532. The number of hydrogen-bond donors (Lipinski definition) is 2. The Labute approximate surface area is 76.1 Å². The van der Waals surface area contributed by atoms with Gasteiger partial charge in [-0.15, -0.1) is 0 Å². The molecular formula is C7H13O5P. The molecule has 0 aromatic rings. The molecule has 0 saturated carbocycles. The average molecular weight is 208 g/mol. The number of carboxylic acid groups (broad SMARTS) is 2. The predicted octanol–water partition coefficient (Wildman–Crippen LogP) is 0.785. The molecule has 1 unspecified atom stereocenters. The molecule has 0 fully saturated rings. The van der Waals surface area contributed by atoms with Gasteiger partial charge < -0.3 is 14.8 Å². The Morgan fingerprint density at radius 2 is 1.77 bits per heavy atom. The zero-order chi connectivity index (χ0) is 10.6. The van der Waals surface area contributed by atoms with Gasteiger partial charge in [0.2, 0.25) is 0 Å². The van der Waals surface area contributed by atoms with Crippen LogP contribution < -0.4 is 0 Å². The molecular weight excluding hydrogens is 195 g/mol. The van der Waals surface area contributed by atoms with Crippen molar-refractivity contribution in [1.82, 2.24) is 0 Å². The van der Waals surface area contributed by atoms with E-state index in [4.69, 9.17) is 10.2 Å². The van der Waals surface area contributed by atoms with Gasteiger partial charge in [-0.1, -0.05) is 0 Å². The van der Waals surface area contributed by atoms with Crippen LogP contribution >= 0.6 is 7.14 Å². The van der Waals surface area contributed by atoms with E-state index in [1.165, 1.54) is 13.3 Å². The highest BCUT2D eigenvalue weighted by Gasteiger charge is 2.25. The zero-order valence-corrected chi connectivity index (χ0v) is 8.45. The Bertz CT molecular complexity index is 254. The minimum absolute atomic E-state index is 0.0609. The molecule has 13 heavy (non-hydrogen) atoms. The van der Waals surface area contributed by atoms with Gasteiger partial charge in [0.15, 0.2) is 0 Å². The second-order valence-corrected chi connectivity index (χ2v) is 6.90. The first-order chi connectivity index (χ1) is 5.72. The van der Waals surface area contributed by atoms with Crippen LogP contribution in [0.5, 0.6) is 0 Å². The zero-order valence-electron chi connectivity index (χ0n) is 7.56. The molecule has 76 valence electrons. The summed E-state index contributed by atoms with van der Waals surface area (Å²) in [5, 5.41) is 17.0. The average Bonchev–Trinajstić information content (AvgIpc) is 1.81. The molecule has 5 nitrogen and oxygen atoms in total. The highest BCUT2D eigenvalue weighted by Crippen LogP contribution is 2.38. The van der Waals surface area contributed by atoms with Crippen molar-refractivity contribution < 1.29 is 24.4 Å². The molecule has 0 heterocycles. The van der Waals surface area contributed by atoms with Gasteiger partial charge in [0, 0.05) is 6.16 Å². The molecule has 0 amide bonds. The molecule has 6 heteroatoms. The molecule has 0 aliphatic rings. The third-order valence-electron chi connectivity index (χ3n) is 1.43. The quantitative estimate of drug-likeness (QED) is 0.651. The predicted molar refractivity (Wildman–Crippen MR) is 47.7 cm³/mol. The van der Waals surface area contributed by atoms with E-state index >= 15 is 0 Å². The van der Waals surface area contributed by atoms with Gasteiger partial charge in [-0.25, -0.2) is 0 Å². The molecule has 0 saturated heterocycles. The van der Waals surface area contributed by atoms with Gasteiger partial charge >= 0.3 is 11.9 Å². The molecule has 0 aromatic carbocycles. The van der Waals surface area contributed by atoms with Gasteiger partial charge in [-0.05, 0) is 13.3 Å². The first-order valence-corrected chi connectivity index (χ1v) is 6.49. The van der Waals surface area contributed by atoms with E-state index in [0.29, 0.717) is 0 Å². The van der Waals surface area contributed by atoms with Crippen molar-refractivity contribution in [3.8, 4) is 0 Å². The van der Waals surface area contributed by atoms with Crippen molar-refractivity contribution in [3.05, 3.63) is 0 Å². The smallest absolute Gasteiger partial charge is 0.307 e. The van der Waals surface area contributed by atoms with E-state index < -0.39 is 31.4 Å². The Morgan fingerprint density at radius 1 is 1.31 bits per heavy atom. The molecule has 0 spiro atoms. The summed E-state index contributed by atoms with van der Waals surface area (Å²) >= 11 is 0. The highest BCUT2D eigenvalue weighted by atomic mass is 31.2. The van der Waals surface area contributed by atoms with Crippen LogP contribution in [0, 0.1) is 5.92 Å². The lowest BCUT2D eigenvalue weighted by molar-refractivity contribution is -0.147. The Kier molecular flexibility index (Phi) is 4.14. The first kappa shape index (κ1) is 12.2. The van der Waals surface area contributed by atoms with Crippen molar-refractivity contribution >= 4 is 19.1 Å². The summed E-state index contributed by atoms with van der Waals surface area (Å²) < 4.78 is 11.3. The molecule has 0 aromatic heterocycles. The van der Waals surface area contributed by atoms with E-state index in [0.717, 1.165) is 0 Å². The fourth-order valence-corrected chi connectivity index (χ4v) is 2.32. The molecule has 0 bridgehead atoms. The molecule has 0 aliphatic carbocycles. The van der Waals surface area contributed by atoms with Gasteiger partial charge in [0.25, 0.3) is 0 Å². The fraction of sp³-hybridized carbons (Fsp3) is 0.714. The molecule has 2 N–H and O–H groups in total. The van der Waals surface area contributed by atoms with Crippen LogP contribution in [0.25, 0.3) is 0 Å². The molecule has 0 rings (SSSR count). The summed E-state index contributed by atoms with van der Waals surface area (Å²) in [6.45, 7) is 2.90. The van der Waals surface area contributed by atoms with Gasteiger partial charge in [0.1, 0.15) is 0 Å². The van der Waals surface area contributed by atoms with Gasteiger partial charge in [-0.3, -0.25) is 9.59 Å². The largest absolute Gasteiger partial charge is 0.481 e. The van der Waals surface area contributed by atoms with E-state index in [1.54, 1.807) is 0 Å². The van der Waals surface area contributed by atoms with Crippen molar-refractivity contribution in [2.45, 2.75) is 6.42 Å². The van der Waals surface area contributed by atoms with Crippen LogP contribution in [0.2, 0.25) is 0 Å². The Morgan fingerprint density at radius 3 is 2.00 bits per heavy atom. The number of hydrogen-bond acceptors (Lipinski definition) is 3. The van der Waals surface area contributed by atoms with Crippen LogP contribution in [-0.2, 0) is 14.2 Å². The van der Waals surface area contributed by atoms with Crippen LogP contribution in [0.4, 0.5) is 0 Å². The third kappa shape index (κ3) is 6.34. The van der Waals surface area contributed by atoms with Crippen molar-refractivity contribution in [2.75, 3.05) is 19.5 Å². The van der Waals surface area contributed by atoms with Crippen LogP contribution in [0.1, 0.15) is 6.42 Å². The summed E-state index contributed by atoms with van der Waals surface area (Å²) in [4.78, 5) is 20.8. The normalized spacial score (nSPS) is 13.7. The molecule has 0 radical (unpaired) electrons. The Hall–Kier alpha value is -0.830. The third-order valence-corrected chi connectivity index (χ3v) is 2.75. The van der Waals surface area contributed by atoms with Crippen LogP contribution in [-0.4, -0.2) is 41.6 Å². The molecule has 0 aliphatic heterocycles. The van der Waals surface area contributed by atoms with Gasteiger partial charge in [0.05, 0.1) is 19.5 Å². The van der Waals surface area contributed by atoms with Crippen LogP contribution in [0.3, 0.4) is 0 Å². The SMILES string of the molecule is CP(C)(=O)CC(CC(=O)O)C(=O)O. The Balaban J connectivity index is 4.36. The summed E-state index contributed by atoms with van der Waals surface area (Å²) in [5.74, 6) is -3.43. The summed E-state index contributed by atoms with van der Waals surface area (Å²) in [5.41, 5.74) is 0. The lowest BCUT2D eigenvalue weighted by atomic mass is 10.1. The highest BCUT2D eigenvalue weighted by molar-refractivity contribution is 7.62. The van der Waals surface area contributed by atoms with Crippen molar-refractivity contribution in [2.24, 2.45) is 5.92 Å². The number of rotatable bonds is 5. The maximum absolute atomic E-state index is 11.3. The van der Waals surface area contributed by atoms with Crippen molar-refractivity contribution in [1.29, 1.82) is 0 Å². The first-order valence-electron chi connectivity index (χ1n) is 3.71. The number of aliphatic carboxylic acids is 2. The fourth-order valence-electron chi connectivity index (χ4n) is 0.971. The monoisotopic (exact) mass is 208 g/mol. The maximum atomic E-state index is 11.3. The second-order valence-electron chi connectivity index (χ2n) is 3.39. The number of carbonyl (C=O) groups is 2. The number of carboxylic acids is 2. The van der Waals surface area contributed by atoms with E-state index in [2.05, 4.69) is 0 Å². The van der Waals surface area contributed by atoms with Gasteiger partial charge in [-0.2, -0.15) is 0 Å². The second kappa shape index (κ2) is 4.42. The van der Waals surface area contributed by atoms with E-state index in [9.17, 15) is 14.2 Å². The maximum Gasteiger partial charge on any atom is 0.307 e. The van der Waals surface area contributed by atoms with E-state index in [1.807, 2.05) is 0 Å². The lowest BCUT2D eigenvalue weighted by Crippen LogP contribution is -2.21. The standard InChI is InChI=1S/C7H13O5P/c1-13(2,12)4-5(7(10)11)3-6(8)9/h5H,3-4H2,1-2H3,(H,8,9)(H,10,11). The summed E-state index contributed by atoms with van der Waals surface area (Å²) in [6, 6.07) is 0. The van der Waals surface area contributed by atoms with Crippen molar-refractivity contribution in [3.63, 3.8) is 0 Å². The summed E-state index contributed by atoms with van der Waals surface area (Å²) in [7, 11) is -2.48. The minimum Gasteiger partial charge on any atom is -0.481 e. The minimum atomic E-state index is -2.48. The lowest BCUT2D eigenvalue weighted by Gasteiger charge is -2.12. The van der Waals surface area contributed by atoms with Crippen LogP contribution in [0.15, 0.2) is 0 Å². The van der Waals surface area contributed by atoms with E-state index in [-0.39, 0.29) is 6.16 Å².